The Hall–Kier alpha value is -3.46. The van der Waals surface area contributed by atoms with E-state index < -0.39 is 51.3 Å². The zero-order valence-electron chi connectivity index (χ0n) is 27.0. The Bertz CT molecular complexity index is 1690. The normalized spacial score (nSPS) is 14.6. The van der Waals surface area contributed by atoms with Crippen LogP contribution in [0.3, 0.4) is 0 Å². The van der Waals surface area contributed by atoms with Gasteiger partial charge in [-0.25, -0.2) is 0 Å². The quantitative estimate of drug-likeness (QED) is 0.106. The predicted octanol–water partition coefficient (Wildman–Crippen LogP) is 5.28. The highest BCUT2D eigenvalue weighted by Gasteiger charge is 2.41. The lowest BCUT2D eigenvalue weighted by Crippen LogP contribution is -2.52. The molecule has 0 bridgehead atoms. The van der Waals surface area contributed by atoms with Crippen LogP contribution in [0.1, 0.15) is 22.3 Å². The van der Waals surface area contributed by atoms with E-state index in [0.717, 1.165) is 34.8 Å². The summed E-state index contributed by atoms with van der Waals surface area (Å²) < 4.78 is 86.0. The Balaban J connectivity index is 1.73. The molecule has 4 aromatic carbocycles. The Kier molecular flexibility index (Phi) is 14.7. The second-order valence-electron chi connectivity index (χ2n) is 11.2. The molecule has 4 atom stereocenters. The van der Waals surface area contributed by atoms with Gasteiger partial charge in [0, 0.05) is 0 Å². The number of rotatable bonds is 21. The smallest absolute Gasteiger partial charge is 0.264 e. The van der Waals surface area contributed by atoms with E-state index in [4.69, 9.17) is 27.3 Å². The molecule has 0 aromatic heterocycles. The SMILES string of the molecule is CS(=O)(=O)OC[C@H](OCc1ccccc1)[C@@H](OCc1ccccc1)[C@@H](OCc1ccccc1)[C@H](COCc1ccccc1)OS(C)(=O)=O. The molecule has 0 saturated carbocycles. The highest BCUT2D eigenvalue weighted by molar-refractivity contribution is 7.86. The third kappa shape index (κ3) is 14.0. The van der Waals surface area contributed by atoms with Gasteiger partial charge in [0.25, 0.3) is 20.2 Å². The van der Waals surface area contributed by atoms with E-state index in [1.165, 1.54) is 0 Å². The molecule has 0 aliphatic carbocycles. The molecule has 0 N–H and O–H groups in total. The summed E-state index contributed by atoms with van der Waals surface area (Å²) in [6.45, 7) is -0.264. The highest BCUT2D eigenvalue weighted by Crippen LogP contribution is 2.24. The van der Waals surface area contributed by atoms with Gasteiger partial charge >= 0.3 is 0 Å². The van der Waals surface area contributed by atoms with Gasteiger partial charge in [-0.05, 0) is 22.3 Å². The molecule has 0 heterocycles. The molecule has 258 valence electrons. The summed E-state index contributed by atoms with van der Waals surface area (Å²) in [7, 11) is -7.95. The van der Waals surface area contributed by atoms with Gasteiger partial charge < -0.3 is 18.9 Å². The summed E-state index contributed by atoms with van der Waals surface area (Å²) in [6, 6.07) is 37.4. The molecule has 4 aromatic rings. The summed E-state index contributed by atoms with van der Waals surface area (Å²) >= 11 is 0. The molecule has 0 unspecified atom stereocenters. The van der Waals surface area contributed by atoms with E-state index in [0.29, 0.717) is 0 Å². The minimum Gasteiger partial charge on any atom is -0.374 e. The molecule has 0 spiro atoms. The molecule has 0 radical (unpaired) electrons. The van der Waals surface area contributed by atoms with Gasteiger partial charge in [-0.1, -0.05) is 121 Å². The summed E-state index contributed by atoms with van der Waals surface area (Å²) in [4.78, 5) is 0. The first kappa shape index (κ1) is 37.4. The lowest BCUT2D eigenvalue weighted by molar-refractivity contribution is -0.187. The van der Waals surface area contributed by atoms with Gasteiger partial charge in [0.15, 0.2) is 0 Å². The summed E-state index contributed by atoms with van der Waals surface area (Å²) in [5, 5.41) is 0. The van der Waals surface area contributed by atoms with Gasteiger partial charge in [0.1, 0.15) is 24.4 Å². The maximum Gasteiger partial charge on any atom is 0.264 e. The first-order chi connectivity index (χ1) is 23.1. The van der Waals surface area contributed by atoms with Crippen LogP contribution in [-0.4, -0.2) is 67.0 Å². The van der Waals surface area contributed by atoms with E-state index >= 15 is 0 Å². The molecule has 0 amide bonds. The molecule has 10 nitrogen and oxygen atoms in total. The van der Waals surface area contributed by atoms with Gasteiger partial charge in [0.2, 0.25) is 0 Å². The molecule has 4 rings (SSSR count). The van der Waals surface area contributed by atoms with E-state index in [1.54, 1.807) is 0 Å². The minimum atomic E-state index is -4.05. The number of hydrogen-bond acceptors (Lipinski definition) is 10. The third-order valence-corrected chi connectivity index (χ3v) is 8.23. The van der Waals surface area contributed by atoms with Crippen LogP contribution in [0, 0.1) is 0 Å². The Morgan fingerprint density at radius 1 is 0.458 bits per heavy atom. The van der Waals surface area contributed by atoms with Gasteiger partial charge in [-0.2, -0.15) is 16.8 Å². The fourth-order valence-corrected chi connectivity index (χ4v) is 5.83. The van der Waals surface area contributed by atoms with Crippen LogP contribution in [0.25, 0.3) is 0 Å². The van der Waals surface area contributed by atoms with Crippen LogP contribution >= 0.6 is 0 Å². The second-order valence-corrected chi connectivity index (χ2v) is 14.4. The molecule has 12 heteroatoms. The van der Waals surface area contributed by atoms with Crippen molar-refractivity contribution in [2.24, 2.45) is 0 Å². The van der Waals surface area contributed by atoms with Crippen molar-refractivity contribution in [1.29, 1.82) is 0 Å². The highest BCUT2D eigenvalue weighted by atomic mass is 32.2. The zero-order valence-corrected chi connectivity index (χ0v) is 28.6. The van der Waals surface area contributed by atoms with Crippen molar-refractivity contribution in [3.63, 3.8) is 0 Å². The fourth-order valence-electron chi connectivity index (χ4n) is 4.84. The van der Waals surface area contributed by atoms with Crippen molar-refractivity contribution < 1.29 is 44.1 Å². The molecule has 0 saturated heterocycles. The van der Waals surface area contributed by atoms with Crippen molar-refractivity contribution in [1.82, 2.24) is 0 Å². The molecule has 0 aliphatic heterocycles. The summed E-state index contributed by atoms with van der Waals surface area (Å²) in [6.07, 6.45) is -2.66. The van der Waals surface area contributed by atoms with E-state index in [2.05, 4.69) is 0 Å². The Morgan fingerprint density at radius 3 is 1.23 bits per heavy atom. The standard InChI is InChI=1S/C36H42O10S2/c1-47(37,38)45-28-33(42-24-30-17-9-4-10-18-30)35(43-25-31-19-11-5-12-20-31)36(44-26-32-21-13-6-14-22-32)34(46-48(2,39)40)27-41-23-29-15-7-3-8-16-29/h3-22,33-36H,23-28H2,1-2H3/t33-,34-,35+,36-/m0/s1. The van der Waals surface area contributed by atoms with Crippen molar-refractivity contribution >= 4 is 20.2 Å². The average Bonchev–Trinajstić information content (AvgIpc) is 3.07. The van der Waals surface area contributed by atoms with Crippen LogP contribution in [-0.2, 0) is 74.0 Å². The van der Waals surface area contributed by atoms with Gasteiger partial charge in [-0.15, -0.1) is 0 Å². The zero-order chi connectivity index (χ0) is 34.2. The molecule has 0 fully saturated rings. The van der Waals surface area contributed by atoms with Crippen molar-refractivity contribution in [2.45, 2.75) is 50.8 Å². The number of ether oxygens (including phenoxy) is 4. The second kappa shape index (κ2) is 18.9. The number of hydrogen-bond donors (Lipinski definition) is 0. The van der Waals surface area contributed by atoms with Gasteiger partial charge in [0.05, 0.1) is 52.2 Å². The van der Waals surface area contributed by atoms with Crippen LogP contribution < -0.4 is 0 Å². The van der Waals surface area contributed by atoms with E-state index in [-0.39, 0.29) is 33.0 Å². The summed E-state index contributed by atoms with van der Waals surface area (Å²) in [5.41, 5.74) is 3.32. The maximum atomic E-state index is 12.7. The monoisotopic (exact) mass is 698 g/mol. The molecule has 0 aliphatic rings. The summed E-state index contributed by atoms with van der Waals surface area (Å²) in [5.74, 6) is 0. The van der Waals surface area contributed by atoms with Crippen LogP contribution in [0.4, 0.5) is 0 Å². The predicted molar refractivity (Wildman–Crippen MR) is 182 cm³/mol. The Morgan fingerprint density at radius 2 is 0.833 bits per heavy atom. The maximum absolute atomic E-state index is 12.7. The van der Waals surface area contributed by atoms with Crippen LogP contribution in [0.15, 0.2) is 121 Å². The first-order valence-corrected chi connectivity index (χ1v) is 19.0. The van der Waals surface area contributed by atoms with E-state index in [9.17, 15) is 16.8 Å². The van der Waals surface area contributed by atoms with Gasteiger partial charge in [-0.3, -0.25) is 8.37 Å². The minimum absolute atomic E-state index is 0.0529. The topological polar surface area (TPSA) is 124 Å². The largest absolute Gasteiger partial charge is 0.374 e. The van der Waals surface area contributed by atoms with Crippen molar-refractivity contribution in [3.8, 4) is 0 Å². The lowest BCUT2D eigenvalue weighted by atomic mass is 10.0. The fraction of sp³-hybridized carbons (Fsp3) is 0.333. The first-order valence-electron chi connectivity index (χ1n) is 15.4. The average molecular weight is 699 g/mol. The molecule has 48 heavy (non-hydrogen) atoms. The van der Waals surface area contributed by atoms with E-state index in [1.807, 2.05) is 121 Å². The third-order valence-electron chi connectivity index (χ3n) is 7.07. The van der Waals surface area contributed by atoms with Crippen LogP contribution in [0.2, 0.25) is 0 Å². The van der Waals surface area contributed by atoms with Crippen LogP contribution in [0.5, 0.6) is 0 Å². The van der Waals surface area contributed by atoms with Crippen molar-refractivity contribution in [2.75, 3.05) is 25.7 Å². The Labute approximate surface area is 283 Å². The number of benzene rings is 4. The molecular weight excluding hydrogens is 657 g/mol. The lowest BCUT2D eigenvalue weighted by Gasteiger charge is -2.37. The van der Waals surface area contributed by atoms with Crippen molar-refractivity contribution in [3.05, 3.63) is 144 Å². The molecular formula is C36H42O10S2.